The Morgan fingerprint density at radius 1 is 1.28 bits per heavy atom. The molecule has 6 heteroatoms. The molecule has 0 saturated carbocycles. The molecule has 18 heavy (non-hydrogen) atoms. The fraction of sp³-hybridized carbons (Fsp3) is 0. The topological polar surface area (TPSA) is 67.6 Å². The van der Waals surface area contributed by atoms with Crippen LogP contribution in [0.2, 0.25) is 5.02 Å². The van der Waals surface area contributed by atoms with Gasteiger partial charge in [-0.2, -0.15) is 0 Å². The minimum Gasteiger partial charge on any atom is -0.399 e. The summed E-state index contributed by atoms with van der Waals surface area (Å²) in [5, 5.41) is 0.491. The molecule has 0 saturated heterocycles. The van der Waals surface area contributed by atoms with Crippen LogP contribution >= 0.6 is 11.6 Å². The highest BCUT2D eigenvalue weighted by molar-refractivity contribution is 6.31. The number of H-pyrrole nitrogens is 1. The van der Waals surface area contributed by atoms with Crippen molar-refractivity contribution < 1.29 is 4.39 Å². The summed E-state index contributed by atoms with van der Waals surface area (Å²) in [5.41, 5.74) is 7.55. The first kappa shape index (κ1) is 11.0. The van der Waals surface area contributed by atoms with Crippen LogP contribution in [0.25, 0.3) is 22.6 Å². The number of aromatic nitrogens is 3. The van der Waals surface area contributed by atoms with E-state index in [4.69, 9.17) is 17.3 Å². The van der Waals surface area contributed by atoms with Crippen molar-refractivity contribution in [1.29, 1.82) is 0 Å². The van der Waals surface area contributed by atoms with E-state index in [0.29, 0.717) is 33.3 Å². The highest BCUT2D eigenvalue weighted by Crippen LogP contribution is 2.25. The Labute approximate surface area is 107 Å². The number of nitrogens with two attached hydrogens (primary N) is 1. The number of hydrogen-bond donors (Lipinski definition) is 2. The number of rotatable bonds is 1. The van der Waals surface area contributed by atoms with E-state index in [-0.39, 0.29) is 0 Å². The molecule has 2 aromatic heterocycles. The number of halogens is 2. The number of nitrogen functional groups attached to an aromatic ring is 1. The maximum atomic E-state index is 13.7. The molecule has 0 atom stereocenters. The first-order chi connectivity index (χ1) is 8.63. The van der Waals surface area contributed by atoms with Crippen LogP contribution in [0, 0.1) is 5.82 Å². The van der Waals surface area contributed by atoms with Crippen LogP contribution in [0.4, 0.5) is 10.1 Å². The van der Waals surface area contributed by atoms with Crippen LogP contribution < -0.4 is 5.73 Å². The number of aromatic amines is 1. The third-order valence-electron chi connectivity index (χ3n) is 2.55. The Kier molecular flexibility index (Phi) is 2.41. The molecule has 0 fully saturated rings. The van der Waals surface area contributed by atoms with Gasteiger partial charge in [-0.25, -0.2) is 14.4 Å². The molecule has 3 rings (SSSR count). The summed E-state index contributed by atoms with van der Waals surface area (Å²) >= 11 is 5.83. The van der Waals surface area contributed by atoms with E-state index < -0.39 is 5.82 Å². The number of anilines is 1. The second kappa shape index (κ2) is 3.96. The molecule has 0 bridgehead atoms. The highest BCUT2D eigenvalue weighted by atomic mass is 35.5. The van der Waals surface area contributed by atoms with Gasteiger partial charge >= 0.3 is 0 Å². The number of fused-ring (bicyclic) bond motifs is 1. The molecule has 4 nitrogen and oxygen atoms in total. The van der Waals surface area contributed by atoms with E-state index in [9.17, 15) is 4.39 Å². The van der Waals surface area contributed by atoms with E-state index in [0.717, 1.165) is 0 Å². The largest absolute Gasteiger partial charge is 0.399 e. The number of hydrogen-bond acceptors (Lipinski definition) is 3. The van der Waals surface area contributed by atoms with E-state index in [1.165, 1.54) is 24.4 Å². The van der Waals surface area contributed by atoms with Crippen molar-refractivity contribution in [2.24, 2.45) is 0 Å². The SMILES string of the molecule is Nc1ccc(F)c(-c2nc3ncc(Cl)cc3[nH]2)c1. The van der Waals surface area contributed by atoms with Crippen molar-refractivity contribution in [3.63, 3.8) is 0 Å². The van der Waals surface area contributed by atoms with Gasteiger partial charge in [0.25, 0.3) is 0 Å². The molecular formula is C12H8ClFN4. The van der Waals surface area contributed by atoms with Crippen molar-refractivity contribution in [2.45, 2.75) is 0 Å². The lowest BCUT2D eigenvalue weighted by Gasteiger charge is -2.00. The summed E-state index contributed by atoms with van der Waals surface area (Å²) in [6.07, 6.45) is 1.49. The monoisotopic (exact) mass is 262 g/mol. The summed E-state index contributed by atoms with van der Waals surface area (Å²) in [6, 6.07) is 6.01. The fourth-order valence-electron chi connectivity index (χ4n) is 1.73. The van der Waals surface area contributed by atoms with Gasteiger partial charge in [0.1, 0.15) is 11.6 Å². The smallest absolute Gasteiger partial charge is 0.178 e. The van der Waals surface area contributed by atoms with Gasteiger partial charge in [0.15, 0.2) is 5.65 Å². The van der Waals surface area contributed by atoms with Crippen molar-refractivity contribution >= 4 is 28.5 Å². The molecule has 0 spiro atoms. The van der Waals surface area contributed by atoms with Crippen molar-refractivity contribution in [1.82, 2.24) is 15.0 Å². The Balaban J connectivity index is 2.22. The number of pyridine rings is 1. The number of benzene rings is 1. The first-order valence-electron chi connectivity index (χ1n) is 5.20. The predicted molar refractivity (Wildman–Crippen MR) is 68.7 cm³/mol. The standard InChI is InChI=1S/C12H8ClFN4/c13-6-3-10-12(16-5-6)18-11(17-10)8-4-7(15)1-2-9(8)14/h1-5H,15H2,(H,16,17,18). The predicted octanol–water partition coefficient (Wildman–Crippen LogP) is 3.00. The maximum Gasteiger partial charge on any atom is 0.178 e. The van der Waals surface area contributed by atoms with Gasteiger partial charge in [0, 0.05) is 11.9 Å². The van der Waals surface area contributed by atoms with Gasteiger partial charge in [-0.05, 0) is 24.3 Å². The van der Waals surface area contributed by atoms with E-state index >= 15 is 0 Å². The van der Waals surface area contributed by atoms with Crippen LogP contribution in [0.15, 0.2) is 30.5 Å². The number of nitrogens with zero attached hydrogens (tertiary/aromatic N) is 2. The average molecular weight is 263 g/mol. The molecule has 0 aliphatic carbocycles. The molecule has 2 heterocycles. The zero-order valence-corrected chi connectivity index (χ0v) is 9.87. The Morgan fingerprint density at radius 2 is 2.11 bits per heavy atom. The molecule has 0 aliphatic heterocycles. The van der Waals surface area contributed by atoms with E-state index in [1.54, 1.807) is 6.07 Å². The zero-order chi connectivity index (χ0) is 12.7. The normalized spacial score (nSPS) is 11.0. The average Bonchev–Trinajstić information content (AvgIpc) is 2.74. The molecule has 0 amide bonds. The number of imidazole rings is 1. The number of nitrogens with one attached hydrogen (secondary N) is 1. The third kappa shape index (κ3) is 1.78. The molecule has 3 aromatic rings. The second-order valence-corrected chi connectivity index (χ2v) is 4.29. The quantitative estimate of drug-likeness (QED) is 0.663. The molecule has 1 aromatic carbocycles. The van der Waals surface area contributed by atoms with Crippen LogP contribution in [-0.2, 0) is 0 Å². The van der Waals surface area contributed by atoms with E-state index in [2.05, 4.69) is 15.0 Å². The van der Waals surface area contributed by atoms with Crippen molar-refractivity contribution in [3.05, 3.63) is 41.3 Å². The lowest BCUT2D eigenvalue weighted by Crippen LogP contribution is -1.90. The van der Waals surface area contributed by atoms with Gasteiger partial charge in [0.2, 0.25) is 0 Å². The van der Waals surface area contributed by atoms with Crippen LogP contribution in [0.1, 0.15) is 0 Å². The van der Waals surface area contributed by atoms with Gasteiger partial charge in [0.05, 0.1) is 16.1 Å². The van der Waals surface area contributed by atoms with Gasteiger partial charge in [-0.1, -0.05) is 11.6 Å². The lowest BCUT2D eigenvalue weighted by atomic mass is 10.2. The second-order valence-electron chi connectivity index (χ2n) is 3.85. The summed E-state index contributed by atoms with van der Waals surface area (Å²) < 4.78 is 13.7. The van der Waals surface area contributed by atoms with Crippen molar-refractivity contribution in [3.8, 4) is 11.4 Å². The van der Waals surface area contributed by atoms with Crippen LogP contribution in [0.5, 0.6) is 0 Å². The molecular weight excluding hydrogens is 255 g/mol. The highest BCUT2D eigenvalue weighted by Gasteiger charge is 2.11. The minimum absolute atomic E-state index is 0.309. The lowest BCUT2D eigenvalue weighted by molar-refractivity contribution is 0.630. The van der Waals surface area contributed by atoms with Gasteiger partial charge in [-0.15, -0.1) is 0 Å². The molecule has 0 unspecified atom stereocenters. The Bertz CT molecular complexity index is 738. The Hall–Kier alpha value is -2.14. The molecule has 90 valence electrons. The molecule has 3 N–H and O–H groups in total. The maximum absolute atomic E-state index is 13.7. The zero-order valence-electron chi connectivity index (χ0n) is 9.11. The van der Waals surface area contributed by atoms with Crippen LogP contribution in [0.3, 0.4) is 0 Å². The summed E-state index contributed by atoms with van der Waals surface area (Å²) in [4.78, 5) is 11.2. The summed E-state index contributed by atoms with van der Waals surface area (Å²) in [6.45, 7) is 0. The van der Waals surface area contributed by atoms with Crippen LogP contribution in [-0.4, -0.2) is 15.0 Å². The third-order valence-corrected chi connectivity index (χ3v) is 2.76. The van der Waals surface area contributed by atoms with Gasteiger partial charge in [-0.3, -0.25) is 0 Å². The minimum atomic E-state index is -0.394. The first-order valence-corrected chi connectivity index (χ1v) is 5.58. The van der Waals surface area contributed by atoms with Crippen molar-refractivity contribution in [2.75, 3.05) is 5.73 Å². The molecule has 0 aliphatic rings. The van der Waals surface area contributed by atoms with E-state index in [1.807, 2.05) is 0 Å². The Morgan fingerprint density at radius 3 is 2.94 bits per heavy atom. The summed E-state index contributed by atoms with van der Waals surface area (Å²) in [7, 11) is 0. The van der Waals surface area contributed by atoms with Gasteiger partial charge < -0.3 is 10.7 Å². The molecule has 0 radical (unpaired) electrons. The fourth-order valence-corrected chi connectivity index (χ4v) is 1.88. The summed E-state index contributed by atoms with van der Waals surface area (Å²) in [5.74, 6) is -0.0149.